The zero-order chi connectivity index (χ0) is 23.6. The van der Waals surface area contributed by atoms with Crippen LogP contribution in [0.25, 0.3) is 0 Å². The van der Waals surface area contributed by atoms with Gasteiger partial charge in [0.15, 0.2) is 6.61 Å². The first-order valence-electron chi connectivity index (χ1n) is 11.4. The van der Waals surface area contributed by atoms with Crippen LogP contribution in [0.2, 0.25) is 0 Å². The number of hydrogen-bond acceptors (Lipinski definition) is 5. The van der Waals surface area contributed by atoms with Crippen molar-refractivity contribution in [3.05, 3.63) is 65.2 Å². The standard InChI is InChI=1S/C26H32N2O4S/c1-19-10-6-7-11-20(19)16-27-24(29)17-32-26(31)22-14-8-9-15-23(22)33-18-25(30)28(2)21-12-4-3-5-13-21/h6-11,14-15,21H,3-5,12-13,16-18H2,1-2H3,(H,27,29). The number of carbonyl (C=O) groups is 3. The van der Waals surface area contributed by atoms with Gasteiger partial charge in [-0.3, -0.25) is 9.59 Å². The van der Waals surface area contributed by atoms with Crippen LogP contribution in [-0.4, -0.2) is 48.1 Å². The Hall–Kier alpha value is -2.80. The second kappa shape index (κ2) is 12.4. The number of rotatable bonds is 9. The fourth-order valence-electron chi connectivity index (χ4n) is 3.94. The van der Waals surface area contributed by atoms with Gasteiger partial charge in [0.1, 0.15) is 0 Å². The topological polar surface area (TPSA) is 75.7 Å². The van der Waals surface area contributed by atoms with Crippen LogP contribution in [0.3, 0.4) is 0 Å². The molecule has 1 aliphatic rings. The molecule has 2 amide bonds. The lowest BCUT2D eigenvalue weighted by atomic mass is 9.94. The van der Waals surface area contributed by atoms with E-state index in [0.29, 0.717) is 23.0 Å². The monoisotopic (exact) mass is 468 g/mol. The second-order valence-corrected chi connectivity index (χ2v) is 9.38. The van der Waals surface area contributed by atoms with E-state index < -0.39 is 5.97 Å². The summed E-state index contributed by atoms with van der Waals surface area (Å²) >= 11 is 1.33. The number of esters is 1. The van der Waals surface area contributed by atoms with Gasteiger partial charge in [-0.05, 0) is 43.0 Å². The molecular weight excluding hydrogens is 436 g/mol. The van der Waals surface area contributed by atoms with Crippen LogP contribution in [0.5, 0.6) is 0 Å². The van der Waals surface area contributed by atoms with Crippen molar-refractivity contribution >= 4 is 29.5 Å². The van der Waals surface area contributed by atoms with Gasteiger partial charge in [0.2, 0.25) is 5.91 Å². The zero-order valence-electron chi connectivity index (χ0n) is 19.3. The maximum atomic E-state index is 12.7. The lowest BCUT2D eigenvalue weighted by Crippen LogP contribution is -2.39. The Morgan fingerprint density at radius 2 is 1.73 bits per heavy atom. The summed E-state index contributed by atoms with van der Waals surface area (Å²) < 4.78 is 5.24. The maximum Gasteiger partial charge on any atom is 0.339 e. The normalized spacial score (nSPS) is 13.9. The highest BCUT2D eigenvalue weighted by Crippen LogP contribution is 2.26. The molecule has 1 fully saturated rings. The molecule has 0 aromatic heterocycles. The SMILES string of the molecule is Cc1ccccc1CNC(=O)COC(=O)c1ccccc1SCC(=O)N(C)C1CCCCC1. The van der Waals surface area contributed by atoms with Crippen LogP contribution in [-0.2, 0) is 20.9 Å². The minimum Gasteiger partial charge on any atom is -0.452 e. The lowest BCUT2D eigenvalue weighted by molar-refractivity contribution is -0.129. The number of nitrogens with one attached hydrogen (secondary N) is 1. The van der Waals surface area contributed by atoms with Crippen LogP contribution in [0, 0.1) is 6.92 Å². The average Bonchev–Trinajstić information content (AvgIpc) is 2.85. The highest BCUT2D eigenvalue weighted by Gasteiger charge is 2.23. The van der Waals surface area contributed by atoms with Crippen LogP contribution >= 0.6 is 11.8 Å². The van der Waals surface area contributed by atoms with Crippen LogP contribution < -0.4 is 5.32 Å². The molecule has 1 saturated carbocycles. The van der Waals surface area contributed by atoms with Gasteiger partial charge in [-0.2, -0.15) is 0 Å². The number of nitrogens with zero attached hydrogens (tertiary/aromatic N) is 1. The number of amides is 2. The van der Waals surface area contributed by atoms with E-state index in [4.69, 9.17) is 4.74 Å². The molecule has 6 nitrogen and oxygen atoms in total. The molecule has 7 heteroatoms. The van der Waals surface area contributed by atoms with Gasteiger partial charge in [-0.15, -0.1) is 11.8 Å². The Labute approximate surface area is 200 Å². The second-order valence-electron chi connectivity index (χ2n) is 8.36. The molecule has 2 aromatic carbocycles. The van der Waals surface area contributed by atoms with Crippen molar-refractivity contribution in [1.29, 1.82) is 0 Å². The van der Waals surface area contributed by atoms with Crippen molar-refractivity contribution < 1.29 is 19.1 Å². The minimum absolute atomic E-state index is 0.0608. The first-order valence-corrected chi connectivity index (χ1v) is 12.4. The number of carbonyl (C=O) groups excluding carboxylic acids is 3. The molecule has 0 spiro atoms. The molecule has 0 unspecified atom stereocenters. The molecule has 0 atom stereocenters. The van der Waals surface area contributed by atoms with Crippen molar-refractivity contribution in [2.24, 2.45) is 0 Å². The molecule has 0 bridgehead atoms. The number of benzene rings is 2. The summed E-state index contributed by atoms with van der Waals surface area (Å²) in [5, 5.41) is 2.77. The lowest BCUT2D eigenvalue weighted by Gasteiger charge is -2.31. The smallest absolute Gasteiger partial charge is 0.339 e. The summed E-state index contributed by atoms with van der Waals surface area (Å²) in [6.45, 7) is 2.01. The third kappa shape index (κ3) is 7.35. The number of ether oxygens (including phenoxy) is 1. The van der Waals surface area contributed by atoms with Crippen molar-refractivity contribution in [1.82, 2.24) is 10.2 Å². The van der Waals surface area contributed by atoms with Gasteiger partial charge in [-0.1, -0.05) is 55.7 Å². The molecule has 0 aliphatic heterocycles. The molecule has 0 saturated heterocycles. The minimum atomic E-state index is -0.572. The first-order chi connectivity index (χ1) is 16.0. The van der Waals surface area contributed by atoms with E-state index in [1.54, 1.807) is 18.2 Å². The van der Waals surface area contributed by atoms with Gasteiger partial charge in [0, 0.05) is 24.5 Å². The molecular formula is C26H32N2O4S. The Kier molecular flexibility index (Phi) is 9.36. The van der Waals surface area contributed by atoms with Crippen LogP contribution in [0.15, 0.2) is 53.4 Å². The van der Waals surface area contributed by atoms with Crippen LogP contribution in [0.1, 0.15) is 53.6 Å². The maximum absolute atomic E-state index is 12.7. The first kappa shape index (κ1) is 24.8. The highest BCUT2D eigenvalue weighted by molar-refractivity contribution is 8.00. The van der Waals surface area contributed by atoms with Crippen molar-refractivity contribution in [2.75, 3.05) is 19.4 Å². The Bertz CT molecular complexity index is 972. The van der Waals surface area contributed by atoms with Crippen molar-refractivity contribution in [3.8, 4) is 0 Å². The summed E-state index contributed by atoms with van der Waals surface area (Å²) in [6, 6.07) is 15.1. The van der Waals surface area contributed by atoms with E-state index in [1.165, 1.54) is 31.0 Å². The summed E-state index contributed by atoms with van der Waals surface area (Å²) in [6.07, 6.45) is 5.70. The van der Waals surface area contributed by atoms with Crippen LogP contribution in [0.4, 0.5) is 0 Å². The van der Waals surface area contributed by atoms with E-state index in [0.717, 1.165) is 24.0 Å². The molecule has 2 aromatic rings. The summed E-state index contributed by atoms with van der Waals surface area (Å²) in [5.74, 6) is -0.613. The van der Waals surface area contributed by atoms with Gasteiger partial charge in [0.05, 0.1) is 11.3 Å². The van der Waals surface area contributed by atoms with Crippen molar-refractivity contribution in [2.45, 2.75) is 56.5 Å². The van der Waals surface area contributed by atoms with Gasteiger partial charge in [-0.25, -0.2) is 4.79 Å². The summed E-state index contributed by atoms with van der Waals surface area (Å²) in [5.41, 5.74) is 2.47. The molecule has 0 radical (unpaired) electrons. The number of aryl methyl sites for hydroxylation is 1. The highest BCUT2D eigenvalue weighted by atomic mass is 32.2. The van der Waals surface area contributed by atoms with Gasteiger partial charge < -0.3 is 15.0 Å². The van der Waals surface area contributed by atoms with E-state index >= 15 is 0 Å². The fourth-order valence-corrected chi connectivity index (χ4v) is 4.90. The molecule has 176 valence electrons. The summed E-state index contributed by atoms with van der Waals surface area (Å²) in [7, 11) is 1.87. The summed E-state index contributed by atoms with van der Waals surface area (Å²) in [4.78, 5) is 39.9. The molecule has 33 heavy (non-hydrogen) atoms. The van der Waals surface area contributed by atoms with E-state index in [1.807, 2.05) is 49.2 Å². The third-order valence-electron chi connectivity index (χ3n) is 6.05. The fraction of sp³-hybridized carbons (Fsp3) is 0.423. The van der Waals surface area contributed by atoms with Gasteiger partial charge in [0.25, 0.3) is 5.91 Å². The third-order valence-corrected chi connectivity index (χ3v) is 7.10. The predicted molar refractivity (Wildman–Crippen MR) is 130 cm³/mol. The molecule has 3 rings (SSSR count). The van der Waals surface area contributed by atoms with Crippen molar-refractivity contribution in [3.63, 3.8) is 0 Å². The average molecular weight is 469 g/mol. The quantitative estimate of drug-likeness (QED) is 0.437. The molecule has 0 heterocycles. The zero-order valence-corrected chi connectivity index (χ0v) is 20.2. The van der Waals surface area contributed by atoms with E-state index in [2.05, 4.69) is 5.32 Å². The van der Waals surface area contributed by atoms with Gasteiger partial charge >= 0.3 is 5.97 Å². The largest absolute Gasteiger partial charge is 0.452 e. The number of hydrogen-bond donors (Lipinski definition) is 1. The van der Waals surface area contributed by atoms with E-state index in [9.17, 15) is 14.4 Å². The number of thioether (sulfide) groups is 1. The Morgan fingerprint density at radius 1 is 1.03 bits per heavy atom. The Balaban J connectivity index is 1.49. The predicted octanol–water partition coefficient (Wildman–Crippen LogP) is 4.35. The molecule has 1 aliphatic carbocycles. The van der Waals surface area contributed by atoms with E-state index in [-0.39, 0.29) is 24.2 Å². The molecule has 1 N–H and O–H groups in total. The Morgan fingerprint density at radius 3 is 2.48 bits per heavy atom.